The minimum atomic E-state index is -0.479. The lowest BCUT2D eigenvalue weighted by molar-refractivity contribution is -0.122. The molecule has 0 unspecified atom stereocenters. The van der Waals surface area contributed by atoms with E-state index in [-0.39, 0.29) is 10.7 Å². The zero-order chi connectivity index (χ0) is 20.0. The van der Waals surface area contributed by atoms with Gasteiger partial charge in [-0.1, -0.05) is 36.4 Å². The Morgan fingerprint density at radius 1 is 1.00 bits per heavy atom. The van der Waals surface area contributed by atoms with Gasteiger partial charge in [-0.05, 0) is 49.8 Å². The zero-order valence-electron chi connectivity index (χ0n) is 15.8. The number of nitrogens with one attached hydrogen (secondary N) is 1. The Hall–Kier alpha value is -3.25. The topological polar surface area (TPSA) is 54.3 Å². The van der Waals surface area contributed by atoms with E-state index in [0.717, 1.165) is 27.7 Å². The number of fused-ring (bicyclic) bond motifs is 1. The summed E-state index contributed by atoms with van der Waals surface area (Å²) in [5.74, 6) is -0.900. The number of nitrogens with zero attached hydrogens (tertiary/aromatic N) is 2. The van der Waals surface area contributed by atoms with Gasteiger partial charge in [0.05, 0.1) is 5.69 Å². The molecule has 1 aliphatic rings. The largest absolute Gasteiger partial charge is 0.347 e. The first-order valence-electron chi connectivity index (χ1n) is 8.91. The van der Waals surface area contributed by atoms with Crippen LogP contribution in [0.25, 0.3) is 17.0 Å². The smallest absolute Gasteiger partial charge is 0.270 e. The van der Waals surface area contributed by atoms with Crippen LogP contribution in [0.15, 0.2) is 54.1 Å². The van der Waals surface area contributed by atoms with Crippen molar-refractivity contribution in [3.63, 3.8) is 0 Å². The summed E-state index contributed by atoms with van der Waals surface area (Å²) in [6, 6.07) is 15.4. The number of thiocarbonyl (C=S) groups is 1. The molecular formula is C22H19N3O2S. The normalized spacial score (nSPS) is 16.2. The van der Waals surface area contributed by atoms with Gasteiger partial charge in [0.25, 0.3) is 11.8 Å². The monoisotopic (exact) mass is 389 g/mol. The molecule has 2 heterocycles. The molecule has 1 N–H and O–H groups in total. The molecule has 0 radical (unpaired) electrons. The molecule has 4 rings (SSSR count). The molecule has 5 nitrogen and oxygen atoms in total. The molecule has 6 heteroatoms. The number of carbonyl (C=O) groups is 2. The van der Waals surface area contributed by atoms with Crippen LogP contribution in [0.2, 0.25) is 0 Å². The van der Waals surface area contributed by atoms with Crippen molar-refractivity contribution in [1.82, 2.24) is 9.88 Å². The highest BCUT2D eigenvalue weighted by molar-refractivity contribution is 7.80. The lowest BCUT2D eigenvalue weighted by Gasteiger charge is -2.30. The maximum Gasteiger partial charge on any atom is 0.270 e. The van der Waals surface area contributed by atoms with E-state index >= 15 is 0 Å². The highest BCUT2D eigenvalue weighted by Crippen LogP contribution is 2.29. The van der Waals surface area contributed by atoms with Crippen molar-refractivity contribution in [2.75, 3.05) is 4.90 Å². The SMILES string of the molecule is Cc1ccccc1N1C(=O)/C(=C\c2c(C)n(C)c3ccccc23)C(=O)NC1=S. The highest BCUT2D eigenvalue weighted by atomic mass is 32.1. The molecule has 3 aromatic rings. The number of hydrogen-bond donors (Lipinski definition) is 1. The molecular weight excluding hydrogens is 370 g/mol. The Labute approximate surface area is 168 Å². The molecule has 0 bridgehead atoms. The molecule has 2 amide bonds. The highest BCUT2D eigenvalue weighted by Gasteiger charge is 2.35. The van der Waals surface area contributed by atoms with Gasteiger partial charge in [-0.3, -0.25) is 19.8 Å². The summed E-state index contributed by atoms with van der Waals surface area (Å²) in [7, 11) is 1.97. The van der Waals surface area contributed by atoms with Crippen LogP contribution in [-0.4, -0.2) is 21.5 Å². The van der Waals surface area contributed by atoms with E-state index in [1.165, 1.54) is 4.90 Å². The predicted octanol–water partition coefficient (Wildman–Crippen LogP) is 3.63. The van der Waals surface area contributed by atoms with Crippen molar-refractivity contribution in [3.8, 4) is 0 Å². The summed E-state index contributed by atoms with van der Waals surface area (Å²) in [5.41, 5.74) is 4.50. The molecule has 1 saturated heterocycles. The summed E-state index contributed by atoms with van der Waals surface area (Å²) >= 11 is 5.29. The van der Waals surface area contributed by atoms with Gasteiger partial charge in [0.1, 0.15) is 5.57 Å². The summed E-state index contributed by atoms with van der Waals surface area (Å²) in [6.07, 6.45) is 1.67. The van der Waals surface area contributed by atoms with Crippen LogP contribution in [0.3, 0.4) is 0 Å². The average molecular weight is 389 g/mol. The summed E-state index contributed by atoms with van der Waals surface area (Å²) in [4.78, 5) is 27.3. The van der Waals surface area contributed by atoms with Gasteiger partial charge in [0.2, 0.25) is 0 Å². The fourth-order valence-corrected chi connectivity index (χ4v) is 3.84. The van der Waals surface area contributed by atoms with Gasteiger partial charge in [0.15, 0.2) is 5.11 Å². The first-order chi connectivity index (χ1) is 13.4. The Morgan fingerprint density at radius 3 is 2.43 bits per heavy atom. The van der Waals surface area contributed by atoms with E-state index in [9.17, 15) is 9.59 Å². The van der Waals surface area contributed by atoms with E-state index in [4.69, 9.17) is 12.2 Å². The van der Waals surface area contributed by atoms with Gasteiger partial charge in [-0.25, -0.2) is 0 Å². The zero-order valence-corrected chi connectivity index (χ0v) is 16.6. The van der Waals surface area contributed by atoms with Crippen molar-refractivity contribution in [2.45, 2.75) is 13.8 Å². The molecule has 1 aromatic heterocycles. The molecule has 140 valence electrons. The lowest BCUT2D eigenvalue weighted by Crippen LogP contribution is -2.54. The minimum absolute atomic E-state index is 0.0660. The third-order valence-corrected chi connectivity index (χ3v) is 5.48. The molecule has 0 spiro atoms. The number of carbonyl (C=O) groups excluding carboxylic acids is 2. The van der Waals surface area contributed by atoms with E-state index in [0.29, 0.717) is 5.69 Å². The van der Waals surface area contributed by atoms with Crippen molar-refractivity contribution >= 4 is 51.8 Å². The number of aryl methyl sites for hydroxylation is 2. The fourth-order valence-electron chi connectivity index (χ4n) is 3.57. The average Bonchev–Trinajstić information content (AvgIpc) is 2.91. The molecule has 28 heavy (non-hydrogen) atoms. The van der Waals surface area contributed by atoms with E-state index in [1.54, 1.807) is 6.08 Å². The van der Waals surface area contributed by atoms with Gasteiger partial charge in [-0.15, -0.1) is 0 Å². The maximum absolute atomic E-state index is 13.3. The summed E-state index contributed by atoms with van der Waals surface area (Å²) in [5, 5.41) is 3.74. The number of hydrogen-bond acceptors (Lipinski definition) is 3. The Kier molecular flexibility index (Phi) is 4.35. The third kappa shape index (κ3) is 2.73. The van der Waals surface area contributed by atoms with E-state index in [1.807, 2.05) is 69.4 Å². The molecule has 2 aromatic carbocycles. The van der Waals surface area contributed by atoms with Crippen molar-refractivity contribution < 1.29 is 9.59 Å². The Morgan fingerprint density at radius 2 is 1.68 bits per heavy atom. The maximum atomic E-state index is 13.3. The number of para-hydroxylation sites is 2. The second kappa shape index (κ2) is 6.73. The number of anilines is 1. The van der Waals surface area contributed by atoms with Crippen LogP contribution in [0.5, 0.6) is 0 Å². The van der Waals surface area contributed by atoms with Crippen LogP contribution in [-0.2, 0) is 16.6 Å². The number of amides is 2. The number of benzene rings is 2. The third-order valence-electron chi connectivity index (χ3n) is 5.20. The van der Waals surface area contributed by atoms with Crippen LogP contribution >= 0.6 is 12.2 Å². The lowest BCUT2D eigenvalue weighted by atomic mass is 10.0. The van der Waals surface area contributed by atoms with Crippen LogP contribution in [0.1, 0.15) is 16.8 Å². The van der Waals surface area contributed by atoms with E-state index < -0.39 is 11.8 Å². The minimum Gasteiger partial charge on any atom is -0.347 e. The van der Waals surface area contributed by atoms with Crippen molar-refractivity contribution in [2.24, 2.45) is 7.05 Å². The second-order valence-corrected chi connectivity index (χ2v) is 7.21. The van der Waals surface area contributed by atoms with Gasteiger partial charge in [0, 0.05) is 29.2 Å². The summed E-state index contributed by atoms with van der Waals surface area (Å²) in [6.45, 7) is 3.88. The number of aromatic nitrogens is 1. The van der Waals surface area contributed by atoms with Crippen molar-refractivity contribution in [1.29, 1.82) is 0 Å². The predicted molar refractivity (Wildman–Crippen MR) is 115 cm³/mol. The van der Waals surface area contributed by atoms with Crippen LogP contribution in [0.4, 0.5) is 5.69 Å². The van der Waals surface area contributed by atoms with Crippen LogP contribution in [0, 0.1) is 13.8 Å². The standard InChI is InChI=1S/C22H19N3O2S/c1-13-8-4-6-10-18(13)25-21(27)17(20(26)23-22(25)28)12-16-14(2)24(3)19-11-7-5-9-15(16)19/h4-12H,1-3H3,(H,23,26,28)/b17-12-. The summed E-state index contributed by atoms with van der Waals surface area (Å²) < 4.78 is 2.05. The number of rotatable bonds is 2. The molecule has 0 saturated carbocycles. The van der Waals surface area contributed by atoms with Crippen LogP contribution < -0.4 is 10.2 Å². The Balaban J connectivity index is 1.87. The van der Waals surface area contributed by atoms with E-state index in [2.05, 4.69) is 9.88 Å². The second-order valence-electron chi connectivity index (χ2n) is 6.82. The fraction of sp³-hybridized carbons (Fsp3) is 0.136. The molecule has 0 atom stereocenters. The van der Waals surface area contributed by atoms with Gasteiger partial charge < -0.3 is 4.57 Å². The molecule has 0 aliphatic carbocycles. The van der Waals surface area contributed by atoms with Gasteiger partial charge in [-0.2, -0.15) is 0 Å². The quantitative estimate of drug-likeness (QED) is 0.414. The molecule has 1 fully saturated rings. The van der Waals surface area contributed by atoms with Crippen molar-refractivity contribution in [3.05, 3.63) is 70.9 Å². The first kappa shape index (κ1) is 18.1. The Bertz CT molecular complexity index is 1190. The van der Waals surface area contributed by atoms with Gasteiger partial charge >= 0.3 is 0 Å². The molecule has 1 aliphatic heterocycles. The first-order valence-corrected chi connectivity index (χ1v) is 9.32.